The molecule has 3 nitrogen and oxygen atoms in total. The summed E-state index contributed by atoms with van der Waals surface area (Å²) >= 11 is 0. The normalized spacial score (nSPS) is 18.5. The van der Waals surface area contributed by atoms with Gasteiger partial charge in [0.1, 0.15) is 5.65 Å². The van der Waals surface area contributed by atoms with Crippen LogP contribution in [0.1, 0.15) is 92.7 Å². The fourth-order valence-electron chi connectivity index (χ4n) is 6.87. The van der Waals surface area contributed by atoms with Crippen molar-refractivity contribution in [1.82, 2.24) is 14.4 Å². The third kappa shape index (κ3) is 3.16. The van der Waals surface area contributed by atoms with Crippen LogP contribution in [0.5, 0.6) is 0 Å². The van der Waals surface area contributed by atoms with Crippen molar-refractivity contribution in [2.75, 3.05) is 0 Å². The molecular formula is C31H33N3. The number of pyridine rings is 2. The fourth-order valence-corrected chi connectivity index (χ4v) is 6.87. The highest BCUT2D eigenvalue weighted by atomic mass is 15.0. The second kappa shape index (κ2) is 8.08. The van der Waals surface area contributed by atoms with Gasteiger partial charge in [-0.05, 0) is 85.4 Å². The summed E-state index contributed by atoms with van der Waals surface area (Å²) in [4.78, 5) is 10.1. The molecule has 3 heterocycles. The van der Waals surface area contributed by atoms with E-state index in [0.717, 1.165) is 16.7 Å². The zero-order valence-electron chi connectivity index (χ0n) is 20.2. The first kappa shape index (κ1) is 20.4. The number of nitrogens with zero attached hydrogens (tertiary/aromatic N) is 3. The van der Waals surface area contributed by atoms with Crippen LogP contribution in [-0.2, 0) is 0 Å². The lowest BCUT2D eigenvalue weighted by Gasteiger charge is -2.22. The van der Waals surface area contributed by atoms with Crippen molar-refractivity contribution in [1.29, 1.82) is 0 Å². The molecule has 7 rings (SSSR count). The molecule has 0 spiro atoms. The molecule has 34 heavy (non-hydrogen) atoms. The van der Waals surface area contributed by atoms with E-state index >= 15 is 0 Å². The SMILES string of the molecule is Cc1ccnc2c3ccc(C4CCCCC4)cc3n3c4ccc(C5CCCCC5)cc4nc3c12. The Hall–Kier alpha value is -2.94. The molecule has 0 bridgehead atoms. The van der Waals surface area contributed by atoms with Gasteiger partial charge in [-0.2, -0.15) is 0 Å². The standard InChI is InChI=1S/C31H33N3/c1-20-16-17-32-30-25-14-12-24(22-10-6-3-7-11-22)19-28(25)34-27-15-13-23(21-8-4-2-5-9-21)18-26(27)33-31(34)29(20)30/h12-19,21-22H,2-11H2,1H3. The molecule has 0 atom stereocenters. The van der Waals surface area contributed by atoms with E-state index in [-0.39, 0.29) is 0 Å². The number of imidazole rings is 1. The molecule has 2 saturated carbocycles. The number of aryl methyl sites for hydroxylation is 1. The summed E-state index contributed by atoms with van der Waals surface area (Å²) in [5.74, 6) is 1.37. The number of hydrogen-bond acceptors (Lipinski definition) is 2. The average molecular weight is 448 g/mol. The number of rotatable bonds is 2. The maximum atomic E-state index is 5.27. The molecule has 172 valence electrons. The molecule has 0 amide bonds. The van der Waals surface area contributed by atoms with Crippen LogP contribution >= 0.6 is 0 Å². The molecule has 5 aromatic rings. The first-order valence-corrected chi connectivity index (χ1v) is 13.4. The Morgan fingerprint density at radius 1 is 0.735 bits per heavy atom. The minimum atomic E-state index is 0.682. The summed E-state index contributed by atoms with van der Waals surface area (Å²) in [5, 5.41) is 2.43. The van der Waals surface area contributed by atoms with Crippen LogP contribution < -0.4 is 0 Å². The molecule has 0 aliphatic heterocycles. The highest BCUT2D eigenvalue weighted by Crippen LogP contribution is 2.39. The molecule has 2 aromatic carbocycles. The highest BCUT2D eigenvalue weighted by molar-refractivity contribution is 6.13. The van der Waals surface area contributed by atoms with E-state index in [1.54, 1.807) is 0 Å². The molecule has 2 fully saturated rings. The molecule has 0 unspecified atom stereocenters. The van der Waals surface area contributed by atoms with E-state index in [0.29, 0.717) is 11.8 Å². The molecular weight excluding hydrogens is 414 g/mol. The van der Waals surface area contributed by atoms with Crippen LogP contribution in [0.4, 0.5) is 0 Å². The molecule has 3 aromatic heterocycles. The minimum absolute atomic E-state index is 0.682. The van der Waals surface area contributed by atoms with E-state index in [1.165, 1.54) is 103 Å². The number of benzene rings is 2. The van der Waals surface area contributed by atoms with Gasteiger partial charge in [0.15, 0.2) is 0 Å². The molecule has 0 saturated heterocycles. The summed E-state index contributed by atoms with van der Waals surface area (Å²) in [5.41, 5.74) is 9.97. The number of aromatic nitrogens is 3. The zero-order chi connectivity index (χ0) is 22.6. The number of hydrogen-bond donors (Lipinski definition) is 0. The van der Waals surface area contributed by atoms with Crippen LogP contribution in [-0.4, -0.2) is 14.4 Å². The Bertz CT molecular complexity index is 1530. The lowest BCUT2D eigenvalue weighted by atomic mass is 9.83. The first-order chi connectivity index (χ1) is 16.8. The van der Waals surface area contributed by atoms with E-state index in [9.17, 15) is 0 Å². The van der Waals surface area contributed by atoms with Crippen molar-refractivity contribution >= 4 is 38.5 Å². The van der Waals surface area contributed by atoms with E-state index in [4.69, 9.17) is 9.97 Å². The van der Waals surface area contributed by atoms with Gasteiger partial charge in [0.25, 0.3) is 0 Å². The Balaban J connectivity index is 1.53. The third-order valence-electron chi connectivity index (χ3n) is 8.73. The van der Waals surface area contributed by atoms with Gasteiger partial charge in [-0.25, -0.2) is 4.98 Å². The second-order valence-electron chi connectivity index (χ2n) is 10.8. The fraction of sp³-hybridized carbons (Fsp3) is 0.419. The monoisotopic (exact) mass is 447 g/mol. The van der Waals surface area contributed by atoms with Crippen LogP contribution in [0.2, 0.25) is 0 Å². The van der Waals surface area contributed by atoms with Gasteiger partial charge in [0.2, 0.25) is 0 Å². The summed E-state index contributed by atoms with van der Waals surface area (Å²) in [6.07, 6.45) is 15.4. The quantitative estimate of drug-likeness (QED) is 0.254. The van der Waals surface area contributed by atoms with E-state index in [1.807, 2.05) is 6.20 Å². The van der Waals surface area contributed by atoms with Crippen LogP contribution in [0.15, 0.2) is 48.7 Å². The Labute approximate surface area is 201 Å². The van der Waals surface area contributed by atoms with Crippen molar-refractivity contribution in [3.8, 4) is 0 Å². The average Bonchev–Trinajstić information content (AvgIpc) is 3.28. The molecule has 2 aliphatic carbocycles. The van der Waals surface area contributed by atoms with Crippen LogP contribution in [0.25, 0.3) is 38.5 Å². The third-order valence-corrected chi connectivity index (χ3v) is 8.73. The second-order valence-corrected chi connectivity index (χ2v) is 10.8. The van der Waals surface area contributed by atoms with Gasteiger partial charge >= 0.3 is 0 Å². The van der Waals surface area contributed by atoms with Crippen molar-refractivity contribution in [3.63, 3.8) is 0 Å². The lowest BCUT2D eigenvalue weighted by Crippen LogP contribution is -2.05. The Morgan fingerprint density at radius 2 is 1.41 bits per heavy atom. The van der Waals surface area contributed by atoms with Crippen molar-refractivity contribution in [2.45, 2.75) is 83.0 Å². The zero-order valence-corrected chi connectivity index (χ0v) is 20.2. The Morgan fingerprint density at radius 3 is 2.15 bits per heavy atom. The predicted octanol–water partition coefficient (Wildman–Crippen LogP) is 8.59. The van der Waals surface area contributed by atoms with Gasteiger partial charge in [0.05, 0.1) is 22.1 Å². The lowest BCUT2D eigenvalue weighted by molar-refractivity contribution is 0.444. The van der Waals surface area contributed by atoms with Crippen molar-refractivity contribution in [2.24, 2.45) is 0 Å². The molecule has 3 heteroatoms. The maximum Gasteiger partial charge on any atom is 0.148 e. The molecule has 0 N–H and O–H groups in total. The summed E-state index contributed by atoms with van der Waals surface area (Å²) in [6, 6.07) is 16.4. The summed E-state index contributed by atoms with van der Waals surface area (Å²) < 4.78 is 2.43. The predicted molar refractivity (Wildman–Crippen MR) is 142 cm³/mol. The first-order valence-electron chi connectivity index (χ1n) is 13.4. The Kier molecular flexibility index (Phi) is 4.85. The highest BCUT2D eigenvalue weighted by Gasteiger charge is 2.21. The van der Waals surface area contributed by atoms with E-state index in [2.05, 4.69) is 53.8 Å². The van der Waals surface area contributed by atoms with Crippen LogP contribution in [0.3, 0.4) is 0 Å². The van der Waals surface area contributed by atoms with Gasteiger partial charge < -0.3 is 0 Å². The topological polar surface area (TPSA) is 30.2 Å². The minimum Gasteiger partial charge on any atom is -0.292 e. The summed E-state index contributed by atoms with van der Waals surface area (Å²) in [7, 11) is 0. The van der Waals surface area contributed by atoms with Crippen molar-refractivity contribution < 1.29 is 0 Å². The van der Waals surface area contributed by atoms with Gasteiger partial charge in [-0.3, -0.25) is 9.38 Å². The smallest absolute Gasteiger partial charge is 0.148 e. The molecule has 2 aliphatic rings. The van der Waals surface area contributed by atoms with Crippen molar-refractivity contribution in [3.05, 3.63) is 65.4 Å². The van der Waals surface area contributed by atoms with Gasteiger partial charge in [-0.15, -0.1) is 0 Å². The maximum absolute atomic E-state index is 5.27. The van der Waals surface area contributed by atoms with E-state index < -0.39 is 0 Å². The van der Waals surface area contributed by atoms with Crippen LogP contribution in [0, 0.1) is 6.92 Å². The van der Waals surface area contributed by atoms with Gasteiger partial charge in [-0.1, -0.05) is 56.7 Å². The summed E-state index contributed by atoms with van der Waals surface area (Å²) in [6.45, 7) is 2.19. The number of fused-ring (bicyclic) bond motifs is 8. The molecule has 0 radical (unpaired) electrons. The van der Waals surface area contributed by atoms with Gasteiger partial charge in [0, 0.05) is 17.0 Å². The largest absolute Gasteiger partial charge is 0.292 e.